The summed E-state index contributed by atoms with van der Waals surface area (Å²) >= 11 is 0. The van der Waals surface area contributed by atoms with Crippen LogP contribution in [-0.2, 0) is 11.3 Å². The molecule has 0 aliphatic heterocycles. The molecule has 0 saturated heterocycles. The lowest BCUT2D eigenvalue weighted by Crippen LogP contribution is -2.08. The van der Waals surface area contributed by atoms with E-state index in [0.717, 1.165) is 5.39 Å². The van der Waals surface area contributed by atoms with Crippen LogP contribution in [0.2, 0.25) is 0 Å². The molecule has 2 aromatic heterocycles. The van der Waals surface area contributed by atoms with Crippen LogP contribution in [0.15, 0.2) is 71.5 Å². The van der Waals surface area contributed by atoms with Gasteiger partial charge < -0.3 is 18.7 Å². The third-order valence-electron chi connectivity index (χ3n) is 4.39. The largest absolute Gasteiger partial charge is 0.487 e. The lowest BCUT2D eigenvalue weighted by atomic mass is 10.2. The predicted octanol–water partition coefficient (Wildman–Crippen LogP) is 4.20. The SMILES string of the molecule is CCOC(=O)c1ccc(OCc2noc3cc(OC(=O)c4ccncc4)ccc23)cc1. The highest BCUT2D eigenvalue weighted by molar-refractivity contribution is 5.91. The number of hydrogen-bond acceptors (Lipinski definition) is 8. The van der Waals surface area contributed by atoms with E-state index in [2.05, 4.69) is 10.1 Å². The maximum absolute atomic E-state index is 12.2. The summed E-state index contributed by atoms with van der Waals surface area (Å²) < 4.78 is 21.4. The quantitative estimate of drug-likeness (QED) is 0.325. The van der Waals surface area contributed by atoms with Crippen molar-refractivity contribution in [2.24, 2.45) is 0 Å². The van der Waals surface area contributed by atoms with E-state index in [1.165, 1.54) is 12.4 Å². The Morgan fingerprint density at radius 2 is 1.61 bits per heavy atom. The lowest BCUT2D eigenvalue weighted by Gasteiger charge is -2.06. The molecule has 8 heteroatoms. The number of benzene rings is 2. The van der Waals surface area contributed by atoms with Gasteiger partial charge in [0.25, 0.3) is 0 Å². The molecular formula is C23H18N2O6. The van der Waals surface area contributed by atoms with E-state index in [1.54, 1.807) is 61.5 Å². The molecule has 0 bridgehead atoms. The molecule has 4 rings (SSSR count). The number of aromatic nitrogens is 2. The Balaban J connectivity index is 1.41. The summed E-state index contributed by atoms with van der Waals surface area (Å²) in [7, 11) is 0. The topological polar surface area (TPSA) is 101 Å². The van der Waals surface area contributed by atoms with Gasteiger partial charge in [0, 0.05) is 23.8 Å². The molecule has 0 radical (unpaired) electrons. The minimum absolute atomic E-state index is 0.169. The first-order valence-corrected chi connectivity index (χ1v) is 9.54. The minimum Gasteiger partial charge on any atom is -0.487 e. The molecule has 2 aromatic carbocycles. The van der Waals surface area contributed by atoms with Gasteiger partial charge in [0.2, 0.25) is 0 Å². The van der Waals surface area contributed by atoms with Gasteiger partial charge in [-0.05, 0) is 55.5 Å². The van der Waals surface area contributed by atoms with E-state index >= 15 is 0 Å². The molecule has 0 spiro atoms. The van der Waals surface area contributed by atoms with Crippen LogP contribution in [0.25, 0.3) is 11.0 Å². The summed E-state index contributed by atoms with van der Waals surface area (Å²) in [5, 5.41) is 4.78. The van der Waals surface area contributed by atoms with Gasteiger partial charge >= 0.3 is 11.9 Å². The fraction of sp³-hybridized carbons (Fsp3) is 0.130. The van der Waals surface area contributed by atoms with Crippen LogP contribution in [-0.4, -0.2) is 28.7 Å². The number of carbonyl (C=O) groups excluding carboxylic acids is 2. The highest BCUT2D eigenvalue weighted by Crippen LogP contribution is 2.25. The smallest absolute Gasteiger partial charge is 0.343 e. The van der Waals surface area contributed by atoms with Crippen molar-refractivity contribution in [2.75, 3.05) is 6.61 Å². The highest BCUT2D eigenvalue weighted by atomic mass is 16.5. The predicted molar refractivity (Wildman–Crippen MR) is 110 cm³/mol. The van der Waals surface area contributed by atoms with Crippen molar-refractivity contribution in [1.82, 2.24) is 10.1 Å². The zero-order valence-electron chi connectivity index (χ0n) is 16.6. The summed E-state index contributed by atoms with van der Waals surface area (Å²) in [6.07, 6.45) is 3.04. The third-order valence-corrected chi connectivity index (χ3v) is 4.39. The Morgan fingerprint density at radius 3 is 2.35 bits per heavy atom. The number of ether oxygens (including phenoxy) is 3. The van der Waals surface area contributed by atoms with Crippen molar-refractivity contribution >= 4 is 22.9 Å². The van der Waals surface area contributed by atoms with Gasteiger partial charge in [-0.2, -0.15) is 0 Å². The first-order valence-electron chi connectivity index (χ1n) is 9.54. The van der Waals surface area contributed by atoms with E-state index in [1.807, 2.05) is 0 Å². The molecule has 8 nitrogen and oxygen atoms in total. The fourth-order valence-corrected chi connectivity index (χ4v) is 2.84. The number of carbonyl (C=O) groups is 2. The average Bonchev–Trinajstić information content (AvgIpc) is 3.21. The lowest BCUT2D eigenvalue weighted by molar-refractivity contribution is 0.0526. The number of fused-ring (bicyclic) bond motifs is 1. The maximum atomic E-state index is 12.2. The van der Waals surface area contributed by atoms with E-state index < -0.39 is 5.97 Å². The second-order valence-corrected chi connectivity index (χ2v) is 6.45. The fourth-order valence-electron chi connectivity index (χ4n) is 2.84. The van der Waals surface area contributed by atoms with Crippen LogP contribution in [0.1, 0.15) is 33.3 Å². The molecule has 0 unspecified atom stereocenters. The second-order valence-electron chi connectivity index (χ2n) is 6.45. The molecule has 0 aliphatic rings. The maximum Gasteiger partial charge on any atom is 0.343 e. The van der Waals surface area contributed by atoms with Gasteiger partial charge in [-0.15, -0.1) is 0 Å². The van der Waals surface area contributed by atoms with E-state index in [4.69, 9.17) is 18.7 Å². The summed E-state index contributed by atoms with van der Waals surface area (Å²) in [5.74, 6) is 0.0488. The summed E-state index contributed by atoms with van der Waals surface area (Å²) in [6, 6.07) is 14.8. The third kappa shape index (κ3) is 4.69. The number of pyridine rings is 1. The number of esters is 2. The molecule has 0 amide bonds. The van der Waals surface area contributed by atoms with Crippen molar-refractivity contribution in [3.63, 3.8) is 0 Å². The monoisotopic (exact) mass is 418 g/mol. The summed E-state index contributed by atoms with van der Waals surface area (Å²) in [4.78, 5) is 27.7. The van der Waals surface area contributed by atoms with Gasteiger partial charge in [0.05, 0.1) is 17.7 Å². The number of nitrogens with zero attached hydrogens (tertiary/aromatic N) is 2. The van der Waals surface area contributed by atoms with E-state index in [-0.39, 0.29) is 12.6 Å². The average molecular weight is 418 g/mol. The Labute approximate surface area is 177 Å². The Hall–Kier alpha value is -4.20. The molecule has 31 heavy (non-hydrogen) atoms. The highest BCUT2D eigenvalue weighted by Gasteiger charge is 2.13. The van der Waals surface area contributed by atoms with Crippen molar-refractivity contribution in [3.8, 4) is 11.5 Å². The van der Waals surface area contributed by atoms with Crippen LogP contribution in [0.4, 0.5) is 0 Å². The van der Waals surface area contributed by atoms with Crippen LogP contribution in [0, 0.1) is 0 Å². The summed E-state index contributed by atoms with van der Waals surface area (Å²) in [5.41, 5.74) is 1.92. The Morgan fingerprint density at radius 1 is 0.903 bits per heavy atom. The number of hydrogen-bond donors (Lipinski definition) is 0. The van der Waals surface area contributed by atoms with Crippen LogP contribution in [0.3, 0.4) is 0 Å². The Bertz CT molecular complexity index is 1200. The van der Waals surface area contributed by atoms with Gasteiger partial charge in [-0.1, -0.05) is 5.16 Å². The normalized spacial score (nSPS) is 10.6. The molecule has 0 atom stereocenters. The van der Waals surface area contributed by atoms with E-state index in [0.29, 0.717) is 40.5 Å². The first kappa shape index (κ1) is 20.1. The molecule has 0 aliphatic carbocycles. The number of rotatable bonds is 7. The van der Waals surface area contributed by atoms with Gasteiger partial charge in [0.1, 0.15) is 23.8 Å². The standard InChI is InChI=1S/C23H18N2O6/c1-2-28-22(26)15-3-5-17(6-4-15)29-14-20-19-8-7-18(13-21(19)31-25-20)30-23(27)16-9-11-24-12-10-16/h3-13H,2,14H2,1H3. The summed E-state index contributed by atoms with van der Waals surface area (Å²) in [6.45, 7) is 2.24. The molecular weight excluding hydrogens is 400 g/mol. The van der Waals surface area contributed by atoms with Crippen molar-refractivity contribution in [1.29, 1.82) is 0 Å². The first-order chi connectivity index (χ1) is 15.1. The molecule has 0 saturated carbocycles. The second kappa shape index (κ2) is 9.08. The van der Waals surface area contributed by atoms with Crippen molar-refractivity contribution in [2.45, 2.75) is 13.5 Å². The van der Waals surface area contributed by atoms with Crippen LogP contribution < -0.4 is 9.47 Å². The molecule has 156 valence electrons. The van der Waals surface area contributed by atoms with Gasteiger partial charge in [-0.25, -0.2) is 9.59 Å². The molecule has 4 aromatic rings. The van der Waals surface area contributed by atoms with Crippen molar-refractivity contribution in [3.05, 3.63) is 83.8 Å². The van der Waals surface area contributed by atoms with Gasteiger partial charge in [0.15, 0.2) is 5.58 Å². The molecule has 2 heterocycles. The zero-order valence-corrected chi connectivity index (χ0v) is 16.6. The van der Waals surface area contributed by atoms with Gasteiger partial charge in [-0.3, -0.25) is 4.98 Å². The van der Waals surface area contributed by atoms with E-state index in [9.17, 15) is 9.59 Å². The van der Waals surface area contributed by atoms with Crippen molar-refractivity contribution < 1.29 is 28.3 Å². The minimum atomic E-state index is -0.490. The molecule has 0 N–H and O–H groups in total. The van der Waals surface area contributed by atoms with Crippen LogP contribution >= 0.6 is 0 Å². The van der Waals surface area contributed by atoms with Crippen LogP contribution in [0.5, 0.6) is 11.5 Å². The molecule has 0 fully saturated rings. The zero-order chi connectivity index (χ0) is 21.6. The Kier molecular flexibility index (Phi) is 5.89.